The van der Waals surface area contributed by atoms with E-state index < -0.39 is 0 Å². The molecule has 2 N–H and O–H groups in total. The van der Waals surface area contributed by atoms with Crippen LogP contribution in [-0.2, 0) is 0 Å². The lowest BCUT2D eigenvalue weighted by molar-refractivity contribution is 0.0979. The number of hydrogen-bond acceptors (Lipinski definition) is 2. The van der Waals surface area contributed by atoms with Crippen molar-refractivity contribution < 1.29 is 4.79 Å². The monoisotopic (exact) mass is 368 g/mol. The highest BCUT2D eigenvalue weighted by atomic mass is 35.5. The molecule has 0 saturated carbocycles. The normalized spacial score (nSPS) is 10.5. The van der Waals surface area contributed by atoms with Gasteiger partial charge in [0.15, 0.2) is 5.11 Å². The number of thiocarbonyl (C=S) groups is 1. The zero-order chi connectivity index (χ0) is 18.0. The molecular weight excluding hydrogens is 352 g/mol. The van der Waals surface area contributed by atoms with Crippen LogP contribution in [0.2, 0.25) is 5.02 Å². The third-order valence-corrected chi connectivity index (χ3v) is 4.35. The molecule has 0 fully saturated rings. The molecule has 5 heteroatoms. The number of nitrogens with one attached hydrogen (secondary N) is 2. The molecule has 126 valence electrons. The minimum Gasteiger partial charge on any atom is -0.332 e. The lowest BCUT2D eigenvalue weighted by atomic mass is 10.0. The highest BCUT2D eigenvalue weighted by Gasteiger charge is 2.12. The Labute approximate surface area is 157 Å². The molecule has 0 aliphatic heterocycles. The molecule has 0 radical (unpaired) electrons. The standard InChI is InChI=1S/C20H17ClN2OS/c1-12-9-13(2)11-14(10-12)22-20(25)23-19(24)17-7-3-6-16-15(17)5-4-8-18(16)21/h3-11H,1-2H3,(H2,22,23,24,25). The van der Waals surface area contributed by atoms with Crippen molar-refractivity contribution in [3.05, 3.63) is 76.3 Å². The number of rotatable bonds is 2. The van der Waals surface area contributed by atoms with Crippen molar-refractivity contribution in [2.75, 3.05) is 5.32 Å². The van der Waals surface area contributed by atoms with Crippen molar-refractivity contribution in [2.24, 2.45) is 0 Å². The van der Waals surface area contributed by atoms with E-state index in [9.17, 15) is 4.79 Å². The van der Waals surface area contributed by atoms with E-state index in [1.165, 1.54) is 0 Å². The first kappa shape index (κ1) is 17.4. The molecule has 3 aromatic rings. The zero-order valence-electron chi connectivity index (χ0n) is 13.9. The quantitative estimate of drug-likeness (QED) is 0.608. The highest BCUT2D eigenvalue weighted by Crippen LogP contribution is 2.26. The van der Waals surface area contributed by atoms with Gasteiger partial charge in [0.1, 0.15) is 0 Å². The van der Waals surface area contributed by atoms with Crippen LogP contribution >= 0.6 is 23.8 Å². The molecule has 0 unspecified atom stereocenters. The number of amides is 1. The number of halogens is 1. The molecule has 25 heavy (non-hydrogen) atoms. The molecule has 3 rings (SSSR count). The smallest absolute Gasteiger partial charge is 0.258 e. The first-order valence-corrected chi connectivity index (χ1v) is 8.60. The third kappa shape index (κ3) is 3.98. The number of carbonyl (C=O) groups is 1. The predicted molar refractivity (Wildman–Crippen MR) is 109 cm³/mol. The molecule has 0 aliphatic rings. The van der Waals surface area contributed by atoms with E-state index in [1.807, 2.05) is 50.2 Å². The molecule has 0 atom stereocenters. The molecule has 3 aromatic carbocycles. The van der Waals surface area contributed by atoms with Gasteiger partial charge in [0, 0.05) is 21.7 Å². The van der Waals surface area contributed by atoms with Crippen molar-refractivity contribution in [1.82, 2.24) is 5.32 Å². The molecule has 0 bridgehead atoms. The zero-order valence-corrected chi connectivity index (χ0v) is 15.5. The number of hydrogen-bond donors (Lipinski definition) is 2. The minimum atomic E-state index is -0.269. The van der Waals surface area contributed by atoms with Gasteiger partial charge in [-0.1, -0.05) is 41.9 Å². The SMILES string of the molecule is Cc1cc(C)cc(NC(=S)NC(=O)c2cccc3c(Cl)cccc23)c1. The lowest BCUT2D eigenvalue weighted by Gasteiger charge is -2.12. The summed E-state index contributed by atoms with van der Waals surface area (Å²) >= 11 is 11.5. The van der Waals surface area contributed by atoms with Crippen molar-refractivity contribution in [2.45, 2.75) is 13.8 Å². The summed E-state index contributed by atoms with van der Waals surface area (Å²) in [4.78, 5) is 12.6. The molecule has 0 aromatic heterocycles. The Balaban J connectivity index is 1.80. The third-order valence-electron chi connectivity index (χ3n) is 3.82. The first-order chi connectivity index (χ1) is 11.9. The number of aryl methyl sites for hydroxylation is 2. The summed E-state index contributed by atoms with van der Waals surface area (Å²) in [6.07, 6.45) is 0. The average Bonchev–Trinajstić information content (AvgIpc) is 2.53. The van der Waals surface area contributed by atoms with Crippen molar-refractivity contribution in [3.8, 4) is 0 Å². The Bertz CT molecular complexity index is 964. The molecule has 0 spiro atoms. The van der Waals surface area contributed by atoms with E-state index in [0.29, 0.717) is 10.6 Å². The number of fused-ring (bicyclic) bond motifs is 1. The van der Waals surface area contributed by atoms with Crippen molar-refractivity contribution in [1.29, 1.82) is 0 Å². The average molecular weight is 369 g/mol. The summed E-state index contributed by atoms with van der Waals surface area (Å²) in [5, 5.41) is 8.29. The summed E-state index contributed by atoms with van der Waals surface area (Å²) in [5.41, 5.74) is 3.63. The van der Waals surface area contributed by atoms with Gasteiger partial charge >= 0.3 is 0 Å². The second-order valence-electron chi connectivity index (χ2n) is 5.93. The Kier molecular flexibility index (Phi) is 5.02. The van der Waals surface area contributed by atoms with E-state index >= 15 is 0 Å². The van der Waals surface area contributed by atoms with Gasteiger partial charge in [-0.25, -0.2) is 0 Å². The van der Waals surface area contributed by atoms with Crippen LogP contribution in [0.4, 0.5) is 5.69 Å². The summed E-state index contributed by atoms with van der Waals surface area (Å²) in [5.74, 6) is -0.269. The molecule has 1 amide bonds. The van der Waals surface area contributed by atoms with Crippen LogP contribution in [0.25, 0.3) is 10.8 Å². The molecular formula is C20H17ClN2OS. The second kappa shape index (κ2) is 7.21. The fourth-order valence-electron chi connectivity index (χ4n) is 2.85. The van der Waals surface area contributed by atoms with Crippen LogP contribution < -0.4 is 10.6 Å². The van der Waals surface area contributed by atoms with E-state index in [2.05, 4.69) is 16.7 Å². The van der Waals surface area contributed by atoms with Gasteiger partial charge in [-0.2, -0.15) is 0 Å². The first-order valence-electron chi connectivity index (χ1n) is 7.82. The number of benzene rings is 3. The van der Waals surface area contributed by atoms with Crippen LogP contribution in [0.3, 0.4) is 0 Å². The largest absolute Gasteiger partial charge is 0.332 e. The minimum absolute atomic E-state index is 0.258. The van der Waals surface area contributed by atoms with Gasteiger partial charge in [-0.05, 0) is 66.8 Å². The molecule has 3 nitrogen and oxygen atoms in total. The van der Waals surface area contributed by atoms with Crippen molar-refractivity contribution in [3.63, 3.8) is 0 Å². The Hall–Kier alpha value is -2.43. The fraction of sp³-hybridized carbons (Fsp3) is 0.100. The van der Waals surface area contributed by atoms with Gasteiger partial charge in [0.05, 0.1) is 0 Å². The van der Waals surface area contributed by atoms with Gasteiger partial charge in [0.2, 0.25) is 0 Å². The van der Waals surface area contributed by atoms with E-state index in [4.69, 9.17) is 23.8 Å². The van der Waals surface area contributed by atoms with Crippen LogP contribution in [-0.4, -0.2) is 11.0 Å². The van der Waals surface area contributed by atoms with E-state index in [0.717, 1.165) is 27.6 Å². The van der Waals surface area contributed by atoms with Gasteiger partial charge in [-0.3, -0.25) is 10.1 Å². The lowest BCUT2D eigenvalue weighted by Crippen LogP contribution is -2.34. The Morgan fingerprint density at radius 2 is 1.60 bits per heavy atom. The maximum atomic E-state index is 12.6. The molecule has 0 aliphatic carbocycles. The van der Waals surface area contributed by atoms with Gasteiger partial charge in [-0.15, -0.1) is 0 Å². The highest BCUT2D eigenvalue weighted by molar-refractivity contribution is 7.80. The van der Waals surface area contributed by atoms with Crippen LogP contribution in [0.5, 0.6) is 0 Å². The Morgan fingerprint density at radius 3 is 2.32 bits per heavy atom. The summed E-state index contributed by atoms with van der Waals surface area (Å²) in [6, 6.07) is 17.0. The summed E-state index contributed by atoms with van der Waals surface area (Å²) in [7, 11) is 0. The fourth-order valence-corrected chi connectivity index (χ4v) is 3.30. The summed E-state index contributed by atoms with van der Waals surface area (Å²) < 4.78 is 0. The molecule has 0 heterocycles. The Morgan fingerprint density at radius 1 is 0.960 bits per heavy atom. The van der Waals surface area contributed by atoms with Gasteiger partial charge in [0.25, 0.3) is 5.91 Å². The maximum absolute atomic E-state index is 12.6. The predicted octanol–water partition coefficient (Wildman–Crippen LogP) is 5.24. The summed E-state index contributed by atoms with van der Waals surface area (Å²) in [6.45, 7) is 4.03. The van der Waals surface area contributed by atoms with Crippen LogP contribution in [0, 0.1) is 13.8 Å². The van der Waals surface area contributed by atoms with E-state index in [-0.39, 0.29) is 11.0 Å². The van der Waals surface area contributed by atoms with Gasteiger partial charge < -0.3 is 5.32 Å². The number of anilines is 1. The number of carbonyl (C=O) groups excluding carboxylic acids is 1. The van der Waals surface area contributed by atoms with Crippen LogP contribution in [0.15, 0.2) is 54.6 Å². The molecule has 0 saturated heterocycles. The topological polar surface area (TPSA) is 41.1 Å². The van der Waals surface area contributed by atoms with Crippen LogP contribution in [0.1, 0.15) is 21.5 Å². The second-order valence-corrected chi connectivity index (χ2v) is 6.74. The maximum Gasteiger partial charge on any atom is 0.258 e. The van der Waals surface area contributed by atoms with Crippen molar-refractivity contribution >= 4 is 51.3 Å². The van der Waals surface area contributed by atoms with E-state index in [1.54, 1.807) is 12.1 Å².